The molecule has 2 rings (SSSR count). The van der Waals surface area contributed by atoms with Gasteiger partial charge in [-0.1, -0.05) is 5.16 Å². The van der Waals surface area contributed by atoms with Crippen molar-refractivity contribution in [1.82, 2.24) is 5.16 Å². The smallest absolute Gasteiger partial charge is 0.141 e. The minimum absolute atomic E-state index is 0.278. The molecule has 0 bridgehead atoms. The second-order valence-electron chi connectivity index (χ2n) is 2.78. The Bertz CT molecular complexity index is 231. The highest BCUT2D eigenvalue weighted by Crippen LogP contribution is 2.19. The van der Waals surface area contributed by atoms with E-state index in [4.69, 9.17) is 10.3 Å². The number of aryl methyl sites for hydroxylation is 1. The Balaban J connectivity index is 2.30. The van der Waals surface area contributed by atoms with Crippen LogP contribution in [0.4, 0.5) is 0 Å². The summed E-state index contributed by atoms with van der Waals surface area (Å²) in [5.41, 5.74) is 6.96. The predicted molar refractivity (Wildman–Crippen MR) is 36.5 cm³/mol. The Morgan fingerprint density at radius 3 is 3.50 bits per heavy atom. The zero-order chi connectivity index (χ0) is 6.97. The maximum absolute atomic E-state index is 5.72. The van der Waals surface area contributed by atoms with E-state index >= 15 is 0 Å². The minimum Gasteiger partial charge on any atom is -0.361 e. The van der Waals surface area contributed by atoms with Crippen LogP contribution in [0.2, 0.25) is 0 Å². The molecule has 2 N–H and O–H groups in total. The highest BCUT2D eigenvalue weighted by atomic mass is 16.5. The molecule has 1 atom stereocenters. The van der Waals surface area contributed by atoms with Gasteiger partial charge < -0.3 is 10.3 Å². The number of rotatable bonds is 0. The zero-order valence-corrected chi connectivity index (χ0v) is 5.71. The Morgan fingerprint density at radius 2 is 2.60 bits per heavy atom. The van der Waals surface area contributed by atoms with E-state index in [2.05, 4.69) is 5.16 Å². The molecule has 1 aromatic rings. The molecule has 0 fully saturated rings. The molecule has 1 heterocycles. The Hall–Kier alpha value is -0.830. The van der Waals surface area contributed by atoms with Crippen molar-refractivity contribution in [3.8, 4) is 0 Å². The highest BCUT2D eigenvalue weighted by molar-refractivity contribution is 5.17. The third-order valence-corrected chi connectivity index (χ3v) is 1.96. The largest absolute Gasteiger partial charge is 0.361 e. The van der Waals surface area contributed by atoms with E-state index in [9.17, 15) is 0 Å². The average molecular weight is 138 g/mol. The lowest BCUT2D eigenvalue weighted by Crippen LogP contribution is -2.26. The Morgan fingerprint density at radius 1 is 1.70 bits per heavy atom. The summed E-state index contributed by atoms with van der Waals surface area (Å²) in [6.07, 6.45) is 4.74. The van der Waals surface area contributed by atoms with E-state index in [1.165, 1.54) is 5.56 Å². The van der Waals surface area contributed by atoms with Gasteiger partial charge in [0.25, 0.3) is 0 Å². The minimum atomic E-state index is 0.278. The molecule has 0 unspecified atom stereocenters. The topological polar surface area (TPSA) is 52.0 Å². The van der Waals surface area contributed by atoms with Gasteiger partial charge in [-0.2, -0.15) is 0 Å². The van der Waals surface area contributed by atoms with Crippen molar-refractivity contribution < 1.29 is 4.52 Å². The maximum atomic E-state index is 5.72. The van der Waals surface area contributed by atoms with E-state index in [0.29, 0.717) is 0 Å². The molecule has 0 spiro atoms. The van der Waals surface area contributed by atoms with Crippen LogP contribution < -0.4 is 5.73 Å². The summed E-state index contributed by atoms with van der Waals surface area (Å²) >= 11 is 0. The molecular formula is C7H10N2O. The van der Waals surface area contributed by atoms with E-state index in [1.807, 2.05) is 0 Å². The molecule has 0 amide bonds. The molecule has 54 valence electrons. The lowest BCUT2D eigenvalue weighted by molar-refractivity contribution is 0.362. The summed E-state index contributed by atoms with van der Waals surface area (Å²) < 4.78 is 5.00. The molecule has 10 heavy (non-hydrogen) atoms. The van der Waals surface area contributed by atoms with E-state index in [-0.39, 0.29) is 6.04 Å². The molecular weight excluding hydrogens is 128 g/mol. The lowest BCUT2D eigenvalue weighted by Gasteiger charge is -2.14. The number of nitrogens with zero attached hydrogens (tertiary/aromatic N) is 1. The molecule has 0 radical (unpaired) electrons. The first-order chi connectivity index (χ1) is 4.86. The summed E-state index contributed by atoms with van der Waals surface area (Å²) in [5.74, 6) is 0.985. The highest BCUT2D eigenvalue weighted by Gasteiger charge is 2.18. The van der Waals surface area contributed by atoms with Crippen LogP contribution in [0.1, 0.15) is 17.7 Å². The maximum Gasteiger partial charge on any atom is 0.141 e. The molecule has 0 aromatic carbocycles. The van der Waals surface area contributed by atoms with Crippen molar-refractivity contribution in [3.05, 3.63) is 17.5 Å². The van der Waals surface area contributed by atoms with E-state index in [1.54, 1.807) is 6.20 Å². The fourth-order valence-electron chi connectivity index (χ4n) is 1.34. The monoisotopic (exact) mass is 138 g/mol. The van der Waals surface area contributed by atoms with Gasteiger partial charge in [0, 0.05) is 18.0 Å². The van der Waals surface area contributed by atoms with Gasteiger partial charge in [-0.15, -0.1) is 0 Å². The number of hydrogen-bond acceptors (Lipinski definition) is 3. The zero-order valence-electron chi connectivity index (χ0n) is 5.71. The van der Waals surface area contributed by atoms with Crippen LogP contribution in [-0.2, 0) is 12.8 Å². The summed E-state index contributed by atoms with van der Waals surface area (Å²) in [6.45, 7) is 0. The molecule has 1 aliphatic carbocycles. The summed E-state index contributed by atoms with van der Waals surface area (Å²) in [6, 6.07) is 0.278. The van der Waals surface area contributed by atoms with Crippen LogP contribution in [0.3, 0.4) is 0 Å². The van der Waals surface area contributed by atoms with E-state index < -0.39 is 0 Å². The van der Waals surface area contributed by atoms with Gasteiger partial charge in [-0.3, -0.25) is 0 Å². The summed E-state index contributed by atoms with van der Waals surface area (Å²) in [5, 5.41) is 3.71. The summed E-state index contributed by atoms with van der Waals surface area (Å²) in [7, 11) is 0. The second-order valence-corrected chi connectivity index (χ2v) is 2.78. The van der Waals surface area contributed by atoms with Crippen molar-refractivity contribution in [2.75, 3.05) is 0 Å². The SMILES string of the molecule is N[C@H]1CCc2cnoc2C1. The number of hydrogen-bond donors (Lipinski definition) is 1. The van der Waals surface area contributed by atoms with Crippen molar-refractivity contribution in [3.63, 3.8) is 0 Å². The number of fused-ring (bicyclic) bond motifs is 1. The van der Waals surface area contributed by atoms with Crippen molar-refractivity contribution >= 4 is 0 Å². The Labute approximate surface area is 59.2 Å². The average Bonchev–Trinajstić information content (AvgIpc) is 2.33. The Kier molecular flexibility index (Phi) is 1.24. The van der Waals surface area contributed by atoms with Crippen LogP contribution in [0.5, 0.6) is 0 Å². The van der Waals surface area contributed by atoms with Gasteiger partial charge in [0.05, 0.1) is 6.20 Å². The molecule has 0 saturated carbocycles. The van der Waals surface area contributed by atoms with Gasteiger partial charge in [-0.25, -0.2) is 0 Å². The second kappa shape index (κ2) is 2.09. The van der Waals surface area contributed by atoms with Gasteiger partial charge in [0.2, 0.25) is 0 Å². The molecule has 0 aliphatic heterocycles. The summed E-state index contributed by atoms with van der Waals surface area (Å²) in [4.78, 5) is 0. The number of nitrogens with two attached hydrogens (primary N) is 1. The molecule has 0 saturated heterocycles. The standard InChI is InChI=1S/C7H10N2O/c8-6-2-1-5-4-9-10-7(5)3-6/h4,6H,1-3,8H2/t6-/m0/s1. The van der Waals surface area contributed by atoms with Gasteiger partial charge in [0.1, 0.15) is 5.76 Å². The lowest BCUT2D eigenvalue weighted by atomic mass is 9.95. The van der Waals surface area contributed by atoms with Crippen molar-refractivity contribution in [2.45, 2.75) is 25.3 Å². The van der Waals surface area contributed by atoms with Crippen LogP contribution in [-0.4, -0.2) is 11.2 Å². The van der Waals surface area contributed by atoms with Gasteiger partial charge in [-0.05, 0) is 12.8 Å². The first-order valence-corrected chi connectivity index (χ1v) is 3.54. The normalized spacial score (nSPS) is 24.3. The van der Waals surface area contributed by atoms with E-state index in [0.717, 1.165) is 25.0 Å². The van der Waals surface area contributed by atoms with Crippen LogP contribution in [0.15, 0.2) is 10.7 Å². The number of aromatic nitrogens is 1. The fourth-order valence-corrected chi connectivity index (χ4v) is 1.34. The van der Waals surface area contributed by atoms with Gasteiger partial charge >= 0.3 is 0 Å². The molecule has 3 heteroatoms. The molecule has 1 aromatic heterocycles. The van der Waals surface area contributed by atoms with Crippen molar-refractivity contribution in [1.29, 1.82) is 0 Å². The quantitative estimate of drug-likeness (QED) is 0.567. The first-order valence-electron chi connectivity index (χ1n) is 3.54. The third-order valence-electron chi connectivity index (χ3n) is 1.96. The molecule has 1 aliphatic rings. The predicted octanol–water partition coefficient (Wildman–Crippen LogP) is 0.491. The van der Waals surface area contributed by atoms with Crippen LogP contribution in [0.25, 0.3) is 0 Å². The van der Waals surface area contributed by atoms with Crippen LogP contribution >= 0.6 is 0 Å². The first kappa shape index (κ1) is 5.92. The van der Waals surface area contributed by atoms with Crippen LogP contribution in [0, 0.1) is 0 Å². The molecule has 3 nitrogen and oxygen atoms in total. The van der Waals surface area contributed by atoms with Crippen molar-refractivity contribution in [2.24, 2.45) is 5.73 Å². The van der Waals surface area contributed by atoms with Gasteiger partial charge in [0.15, 0.2) is 0 Å². The fraction of sp³-hybridized carbons (Fsp3) is 0.571. The third kappa shape index (κ3) is 0.827.